The van der Waals surface area contributed by atoms with Crippen molar-refractivity contribution >= 4 is 0 Å². The third-order valence-electron chi connectivity index (χ3n) is 2.40. The van der Waals surface area contributed by atoms with Crippen LogP contribution in [0.25, 0.3) is 0 Å². The topological polar surface area (TPSA) is 30.7 Å². The average molecular weight is 392 g/mol. The van der Waals surface area contributed by atoms with Crippen LogP contribution in [0.2, 0.25) is 0 Å². The maximum Gasteiger partial charge on any atom is 0.0235 e. The number of aryl methyl sites for hydroxylation is 1. The first kappa shape index (κ1) is 15.7. The number of nitrogens with zero attached hydrogens (tertiary/aromatic N) is 3. The summed E-state index contributed by atoms with van der Waals surface area (Å²) in [4.78, 5) is 0. The first-order chi connectivity index (χ1) is 6.97. The van der Waals surface area contributed by atoms with Crippen LogP contribution in [0.4, 0.5) is 0 Å². The minimum atomic E-state index is 0. The molecule has 0 bridgehead atoms. The molecule has 0 saturated carbocycles. The third-order valence-corrected chi connectivity index (χ3v) is 2.40. The van der Waals surface area contributed by atoms with Gasteiger partial charge in [-0.25, -0.2) is 6.92 Å². The number of aromatic nitrogens is 3. The van der Waals surface area contributed by atoms with Crippen LogP contribution in [0.5, 0.6) is 0 Å². The first-order valence-corrected chi connectivity index (χ1v) is 5.69. The van der Waals surface area contributed by atoms with Gasteiger partial charge in [0.15, 0.2) is 0 Å². The molecule has 0 unspecified atom stereocenters. The Kier molecular flexibility index (Phi) is 6.97. The smallest absolute Gasteiger partial charge is 0.0235 e. The molecular formula is C12H22N3W-. The summed E-state index contributed by atoms with van der Waals surface area (Å²) in [5.74, 6) is 0. The molecule has 1 rings (SSSR count). The Balaban J connectivity index is 0.00000225. The second kappa shape index (κ2) is 7.11. The molecule has 0 aliphatic heterocycles. The zero-order valence-corrected chi connectivity index (χ0v) is 13.5. The summed E-state index contributed by atoms with van der Waals surface area (Å²) >= 11 is 0. The van der Waals surface area contributed by atoms with E-state index >= 15 is 0 Å². The zero-order valence-electron chi connectivity index (χ0n) is 10.6. The fourth-order valence-corrected chi connectivity index (χ4v) is 1.55. The van der Waals surface area contributed by atoms with Gasteiger partial charge in [-0.2, -0.15) is 5.10 Å². The predicted molar refractivity (Wildman–Crippen MR) is 62.4 cm³/mol. The van der Waals surface area contributed by atoms with Gasteiger partial charge in [-0.1, -0.05) is 50.7 Å². The number of rotatable bonds is 5. The second-order valence-corrected chi connectivity index (χ2v) is 5.34. The van der Waals surface area contributed by atoms with Crippen LogP contribution < -0.4 is 0 Å². The molecule has 0 radical (unpaired) electrons. The first-order valence-electron chi connectivity index (χ1n) is 5.69. The molecule has 0 fully saturated rings. The summed E-state index contributed by atoms with van der Waals surface area (Å²) < 4.78 is 1.87. The van der Waals surface area contributed by atoms with Crippen molar-refractivity contribution in [2.75, 3.05) is 0 Å². The Hall–Kier alpha value is -0.302. The van der Waals surface area contributed by atoms with E-state index < -0.39 is 0 Å². The van der Waals surface area contributed by atoms with E-state index in [2.05, 4.69) is 38.0 Å². The Morgan fingerprint density at radius 2 is 1.94 bits per heavy atom. The molecule has 0 amide bonds. The number of unbranched alkanes of at least 4 members (excludes halogenated alkanes) is 2. The van der Waals surface area contributed by atoms with E-state index in [1.54, 1.807) is 0 Å². The molecule has 3 nitrogen and oxygen atoms in total. The SMILES string of the molecule is [CH2-]c1cn(CCCCCC(C)(C)C)nn1.[W]. The van der Waals surface area contributed by atoms with Crippen molar-refractivity contribution in [3.8, 4) is 0 Å². The summed E-state index contributed by atoms with van der Waals surface area (Å²) in [5.41, 5.74) is 1.22. The summed E-state index contributed by atoms with van der Waals surface area (Å²) in [6.45, 7) is 11.6. The van der Waals surface area contributed by atoms with Gasteiger partial charge in [-0.05, 0) is 18.3 Å². The van der Waals surface area contributed by atoms with Gasteiger partial charge in [0.25, 0.3) is 0 Å². The van der Waals surface area contributed by atoms with Gasteiger partial charge in [0, 0.05) is 27.6 Å². The number of hydrogen-bond acceptors (Lipinski definition) is 2. The molecule has 0 atom stereocenters. The van der Waals surface area contributed by atoms with E-state index in [-0.39, 0.29) is 21.1 Å². The van der Waals surface area contributed by atoms with Crippen LogP contribution in [0.1, 0.15) is 52.1 Å². The average Bonchev–Trinajstić information content (AvgIpc) is 2.49. The van der Waals surface area contributed by atoms with E-state index in [1.165, 1.54) is 25.7 Å². The molecular weight excluding hydrogens is 370 g/mol. The molecule has 92 valence electrons. The van der Waals surface area contributed by atoms with Gasteiger partial charge in [0.1, 0.15) is 0 Å². The van der Waals surface area contributed by atoms with Crippen molar-refractivity contribution in [1.29, 1.82) is 0 Å². The Labute approximate surface area is 113 Å². The van der Waals surface area contributed by atoms with Crippen LogP contribution in [0, 0.1) is 12.3 Å². The van der Waals surface area contributed by atoms with E-state index in [9.17, 15) is 0 Å². The van der Waals surface area contributed by atoms with Crippen molar-refractivity contribution in [2.24, 2.45) is 5.41 Å². The van der Waals surface area contributed by atoms with Gasteiger partial charge in [-0.3, -0.25) is 0 Å². The molecule has 1 aromatic heterocycles. The van der Waals surface area contributed by atoms with Crippen LogP contribution >= 0.6 is 0 Å². The molecule has 0 aliphatic rings. The summed E-state index contributed by atoms with van der Waals surface area (Å²) in [5, 5.41) is 7.82. The molecule has 0 aromatic carbocycles. The van der Waals surface area contributed by atoms with Gasteiger partial charge in [0.2, 0.25) is 0 Å². The van der Waals surface area contributed by atoms with Crippen molar-refractivity contribution in [3.05, 3.63) is 18.8 Å². The minimum absolute atomic E-state index is 0. The zero-order chi connectivity index (χ0) is 11.3. The van der Waals surface area contributed by atoms with Crippen LogP contribution in [-0.2, 0) is 27.6 Å². The Morgan fingerprint density at radius 3 is 2.44 bits per heavy atom. The van der Waals surface area contributed by atoms with Gasteiger partial charge in [-0.15, -0.1) is 0 Å². The Morgan fingerprint density at radius 1 is 1.25 bits per heavy atom. The molecule has 0 saturated heterocycles. The van der Waals surface area contributed by atoms with Gasteiger partial charge >= 0.3 is 0 Å². The molecule has 16 heavy (non-hydrogen) atoms. The van der Waals surface area contributed by atoms with Crippen molar-refractivity contribution in [3.63, 3.8) is 0 Å². The molecule has 4 heteroatoms. The van der Waals surface area contributed by atoms with Crippen LogP contribution in [0.3, 0.4) is 0 Å². The fraction of sp³-hybridized carbons (Fsp3) is 0.750. The van der Waals surface area contributed by atoms with E-state index in [0.29, 0.717) is 5.41 Å². The summed E-state index contributed by atoms with van der Waals surface area (Å²) in [6, 6.07) is 0. The number of hydrogen-bond donors (Lipinski definition) is 0. The Bertz CT molecular complexity index is 289. The molecule has 0 aliphatic carbocycles. The van der Waals surface area contributed by atoms with Crippen molar-refractivity contribution < 1.29 is 21.1 Å². The second-order valence-electron chi connectivity index (χ2n) is 5.34. The van der Waals surface area contributed by atoms with Crippen LogP contribution in [-0.4, -0.2) is 15.0 Å². The molecule has 0 spiro atoms. The summed E-state index contributed by atoms with van der Waals surface area (Å²) in [6.07, 6.45) is 6.94. The standard InChI is InChI=1S/C12H22N3.W/c1-11-10-15(14-13-11)9-7-5-6-8-12(2,3)4;/h10H,1,5-9H2,2-4H3;/q-1;. The predicted octanol–water partition coefficient (Wildman–Crippen LogP) is 3.06. The monoisotopic (exact) mass is 392 g/mol. The maximum atomic E-state index is 3.97. The molecule has 1 aromatic rings. The quantitative estimate of drug-likeness (QED) is 0.570. The normalized spacial score (nSPS) is 11.2. The maximum absolute atomic E-state index is 3.97. The summed E-state index contributed by atoms with van der Waals surface area (Å²) in [7, 11) is 0. The van der Waals surface area contributed by atoms with Gasteiger partial charge in [0.05, 0.1) is 0 Å². The van der Waals surface area contributed by atoms with Crippen LogP contribution in [0.15, 0.2) is 6.20 Å². The largest absolute Gasteiger partial charge is 0.330 e. The molecule has 1 heterocycles. The fourth-order valence-electron chi connectivity index (χ4n) is 1.55. The van der Waals surface area contributed by atoms with E-state index in [0.717, 1.165) is 12.2 Å². The van der Waals surface area contributed by atoms with Gasteiger partial charge < -0.3 is 4.68 Å². The third kappa shape index (κ3) is 7.05. The van der Waals surface area contributed by atoms with Crippen molar-refractivity contribution in [1.82, 2.24) is 15.0 Å². The molecule has 0 N–H and O–H groups in total. The van der Waals surface area contributed by atoms with E-state index in [1.807, 2.05) is 10.9 Å². The van der Waals surface area contributed by atoms with Crippen molar-refractivity contribution in [2.45, 2.75) is 53.0 Å². The van der Waals surface area contributed by atoms with E-state index in [4.69, 9.17) is 0 Å². The minimum Gasteiger partial charge on any atom is -0.330 e.